The molecule has 1 aliphatic heterocycles. The molecule has 0 aromatic heterocycles. The van der Waals surface area contributed by atoms with Crippen LogP contribution in [-0.2, 0) is 0 Å². The van der Waals surface area contributed by atoms with Crippen molar-refractivity contribution in [2.45, 2.75) is 36.3 Å². The van der Waals surface area contributed by atoms with Gasteiger partial charge in [0, 0.05) is 0 Å². The average Bonchev–Trinajstić information content (AvgIpc) is 2.51. The Balaban J connectivity index is 2.26. The summed E-state index contributed by atoms with van der Waals surface area (Å²) >= 11 is -0.480. The predicted octanol–water partition coefficient (Wildman–Crippen LogP) is 3.49. The Kier molecular flexibility index (Phi) is 3.20. The van der Waals surface area contributed by atoms with Gasteiger partial charge in [0.2, 0.25) is 0 Å². The van der Waals surface area contributed by atoms with Crippen LogP contribution < -0.4 is 0 Å². The van der Waals surface area contributed by atoms with Gasteiger partial charge in [-0.05, 0) is 0 Å². The molecule has 2 atom stereocenters. The molecule has 1 fully saturated rings. The summed E-state index contributed by atoms with van der Waals surface area (Å²) in [5.74, 6) is 0. The molecule has 0 unspecified atom stereocenters. The van der Waals surface area contributed by atoms with E-state index in [1.807, 2.05) is 0 Å². The zero-order valence-corrected chi connectivity index (χ0v) is 10.7. The summed E-state index contributed by atoms with van der Waals surface area (Å²) in [4.78, 5) is 4.57. The average molecular weight is 253 g/mol. The number of benzene rings is 1. The molecule has 0 spiro atoms. The van der Waals surface area contributed by atoms with Crippen molar-refractivity contribution in [2.75, 3.05) is 0 Å². The predicted molar refractivity (Wildman–Crippen MR) is 65.4 cm³/mol. The summed E-state index contributed by atoms with van der Waals surface area (Å²) in [5, 5.41) is 0. The van der Waals surface area contributed by atoms with Gasteiger partial charge in [0.05, 0.1) is 0 Å². The van der Waals surface area contributed by atoms with E-state index in [0.717, 1.165) is 9.63 Å². The van der Waals surface area contributed by atoms with Crippen molar-refractivity contribution in [3.63, 3.8) is 0 Å². The van der Waals surface area contributed by atoms with E-state index in [1.54, 1.807) is 0 Å². The molecule has 2 rings (SSSR count). The van der Waals surface area contributed by atoms with Crippen LogP contribution in [0.15, 0.2) is 30.3 Å². The van der Waals surface area contributed by atoms with E-state index in [1.165, 1.54) is 18.4 Å². The molecule has 1 saturated heterocycles. The fraction of sp³-hybridized carbons (Fsp3) is 0.462. The van der Waals surface area contributed by atoms with Crippen LogP contribution in [0, 0.1) is 0 Å². The van der Waals surface area contributed by atoms with E-state index in [4.69, 9.17) is 0 Å². The van der Waals surface area contributed by atoms with Crippen molar-refractivity contribution in [3.05, 3.63) is 35.9 Å². The maximum absolute atomic E-state index is 2.59. The van der Waals surface area contributed by atoms with Crippen LogP contribution in [0.2, 0.25) is 9.63 Å². The van der Waals surface area contributed by atoms with E-state index >= 15 is 0 Å². The van der Waals surface area contributed by atoms with Crippen molar-refractivity contribution in [2.24, 2.45) is 0 Å². The Morgan fingerprint density at radius 3 is 2.21 bits per heavy atom. The molecule has 0 radical (unpaired) electrons. The van der Waals surface area contributed by atoms with Gasteiger partial charge in [-0.15, -0.1) is 0 Å². The Morgan fingerprint density at radius 1 is 1.07 bits per heavy atom. The van der Waals surface area contributed by atoms with E-state index < -0.39 is 13.5 Å². The Morgan fingerprint density at radius 2 is 1.64 bits per heavy atom. The van der Waals surface area contributed by atoms with E-state index in [-0.39, 0.29) is 0 Å². The molecule has 0 bridgehead atoms. The molecule has 0 amide bonds. The van der Waals surface area contributed by atoms with Gasteiger partial charge >= 0.3 is 90.6 Å². The quantitative estimate of drug-likeness (QED) is 0.672. The second-order valence-electron chi connectivity index (χ2n) is 4.14. The topological polar surface area (TPSA) is 0 Å². The third kappa shape index (κ3) is 2.16. The summed E-state index contributed by atoms with van der Waals surface area (Å²) in [7, 11) is 0. The normalized spacial score (nSPS) is 27.9. The van der Waals surface area contributed by atoms with Gasteiger partial charge in [0.1, 0.15) is 0 Å². The number of hydrogen-bond donors (Lipinski definition) is 0. The summed E-state index contributed by atoms with van der Waals surface area (Å²) in [6.45, 7) is 4.88. The van der Waals surface area contributed by atoms with Crippen molar-refractivity contribution in [3.8, 4) is 0 Å². The standard InChI is InChI=1S/C13H18Se/c1-11-8-9-12(2)14(11)10-13-6-4-3-5-7-13/h3-7,10-12H,8-9H2,1-2H3/t11-,12-/m1/s1. The third-order valence-corrected chi connectivity index (χ3v) is 9.01. The summed E-state index contributed by atoms with van der Waals surface area (Å²) < 4.78 is 0. The van der Waals surface area contributed by atoms with Gasteiger partial charge in [0.15, 0.2) is 0 Å². The zero-order valence-electron chi connectivity index (χ0n) is 8.94. The monoisotopic (exact) mass is 254 g/mol. The van der Waals surface area contributed by atoms with Crippen molar-refractivity contribution in [1.82, 2.24) is 0 Å². The minimum atomic E-state index is -0.480. The van der Waals surface area contributed by atoms with Gasteiger partial charge < -0.3 is 0 Å². The summed E-state index contributed by atoms with van der Waals surface area (Å²) in [6.07, 6.45) is 2.91. The van der Waals surface area contributed by atoms with Gasteiger partial charge in [0.25, 0.3) is 0 Å². The second-order valence-corrected chi connectivity index (χ2v) is 9.72. The first-order valence-electron chi connectivity index (χ1n) is 5.38. The molecule has 0 aliphatic carbocycles. The second kappa shape index (κ2) is 4.42. The van der Waals surface area contributed by atoms with E-state index in [2.05, 4.69) is 49.1 Å². The fourth-order valence-corrected chi connectivity index (χ4v) is 7.40. The molecule has 1 heteroatoms. The molecule has 0 nitrogen and oxygen atoms in total. The third-order valence-electron chi connectivity index (χ3n) is 2.98. The maximum atomic E-state index is 2.59. The summed E-state index contributed by atoms with van der Waals surface area (Å²) in [6, 6.07) is 10.9. The van der Waals surface area contributed by atoms with Gasteiger partial charge in [-0.1, -0.05) is 0 Å². The molecule has 0 N–H and O–H groups in total. The van der Waals surface area contributed by atoms with Crippen LogP contribution in [0.1, 0.15) is 32.3 Å². The minimum absolute atomic E-state index is 0.480. The van der Waals surface area contributed by atoms with E-state index in [9.17, 15) is 0 Å². The van der Waals surface area contributed by atoms with Crippen LogP contribution >= 0.6 is 0 Å². The fourth-order valence-electron chi connectivity index (χ4n) is 2.06. The Bertz CT molecular complexity index is 314. The Hall–Kier alpha value is -0.391. The van der Waals surface area contributed by atoms with Crippen molar-refractivity contribution < 1.29 is 0 Å². The molecule has 1 aromatic carbocycles. The summed E-state index contributed by atoms with van der Waals surface area (Å²) in [5.41, 5.74) is 1.44. The van der Waals surface area contributed by atoms with Gasteiger partial charge in [-0.2, -0.15) is 0 Å². The van der Waals surface area contributed by atoms with Crippen LogP contribution in [0.25, 0.3) is 0 Å². The molecule has 1 heterocycles. The molecule has 14 heavy (non-hydrogen) atoms. The molecule has 1 aromatic rings. The van der Waals surface area contributed by atoms with Crippen LogP contribution in [0.5, 0.6) is 0 Å². The van der Waals surface area contributed by atoms with Gasteiger partial charge in [-0.3, -0.25) is 0 Å². The SMILES string of the molecule is C[C@@H]1CC[C@@H](C)[Se]1=Cc1ccccc1. The number of hydrogen-bond acceptors (Lipinski definition) is 0. The van der Waals surface area contributed by atoms with Crippen molar-refractivity contribution >= 4 is 18.4 Å². The van der Waals surface area contributed by atoms with Crippen LogP contribution in [0.4, 0.5) is 0 Å². The first kappa shape index (κ1) is 10.1. The molecule has 1 aliphatic rings. The number of rotatable bonds is 1. The Labute approximate surface area is 90.8 Å². The molecule has 76 valence electrons. The molecule has 0 saturated carbocycles. The van der Waals surface area contributed by atoms with Crippen LogP contribution in [0.3, 0.4) is 0 Å². The van der Waals surface area contributed by atoms with Gasteiger partial charge in [-0.25, -0.2) is 0 Å². The van der Waals surface area contributed by atoms with Crippen LogP contribution in [-0.4, -0.2) is 18.4 Å². The van der Waals surface area contributed by atoms with E-state index in [0.29, 0.717) is 0 Å². The molecular weight excluding hydrogens is 235 g/mol. The molecular formula is C13H18Se. The van der Waals surface area contributed by atoms with Crippen molar-refractivity contribution in [1.29, 1.82) is 0 Å². The zero-order chi connectivity index (χ0) is 9.97. The first-order chi connectivity index (χ1) is 6.77. The first-order valence-corrected chi connectivity index (χ1v) is 8.34.